The molecule has 17 heavy (non-hydrogen) atoms. The van der Waals surface area contributed by atoms with E-state index in [0.29, 0.717) is 17.6 Å². The Balaban J connectivity index is 1.77. The number of likely N-dealkylation sites (tertiary alicyclic amines) is 1. The van der Waals surface area contributed by atoms with Gasteiger partial charge in [-0.2, -0.15) is 12.6 Å². The standard InChI is InChI=1S/C11H15N3OS2/c12-11-13-8-2-1-6(3-9(8)17-11)14-5-7(16)4-10(14)15/h6-7,16H,1-5H2,(H2,12,13)/t6-,7?/m0/s1. The third-order valence-corrected chi connectivity index (χ3v) is 4.80. The van der Waals surface area contributed by atoms with Gasteiger partial charge < -0.3 is 10.6 Å². The zero-order valence-corrected chi connectivity index (χ0v) is 11.1. The van der Waals surface area contributed by atoms with Gasteiger partial charge in [0.2, 0.25) is 5.91 Å². The fourth-order valence-electron chi connectivity index (χ4n) is 2.71. The summed E-state index contributed by atoms with van der Waals surface area (Å²) in [5.74, 6) is 0.246. The number of nitrogens with zero attached hydrogens (tertiary/aromatic N) is 2. The molecule has 1 fully saturated rings. The monoisotopic (exact) mass is 269 g/mol. The van der Waals surface area contributed by atoms with E-state index >= 15 is 0 Å². The van der Waals surface area contributed by atoms with Crippen LogP contribution < -0.4 is 5.73 Å². The Morgan fingerprint density at radius 3 is 3.00 bits per heavy atom. The van der Waals surface area contributed by atoms with E-state index in [4.69, 9.17) is 5.73 Å². The summed E-state index contributed by atoms with van der Waals surface area (Å²) in [7, 11) is 0. The Labute approximate surface area is 110 Å². The molecule has 3 rings (SSSR count). The summed E-state index contributed by atoms with van der Waals surface area (Å²) >= 11 is 5.96. The molecule has 2 atom stereocenters. The zero-order chi connectivity index (χ0) is 12.0. The number of aromatic nitrogens is 1. The quantitative estimate of drug-likeness (QED) is 0.751. The lowest BCUT2D eigenvalue weighted by atomic mass is 9.96. The van der Waals surface area contributed by atoms with Crippen molar-refractivity contribution >= 4 is 35.0 Å². The Bertz CT molecular complexity index is 460. The summed E-state index contributed by atoms with van der Waals surface area (Å²) in [4.78, 5) is 19.4. The van der Waals surface area contributed by atoms with Gasteiger partial charge in [-0.1, -0.05) is 0 Å². The molecule has 1 aliphatic heterocycles. The lowest BCUT2D eigenvalue weighted by molar-refractivity contribution is -0.129. The normalized spacial score (nSPS) is 28.5. The molecule has 0 bridgehead atoms. The van der Waals surface area contributed by atoms with Gasteiger partial charge in [-0.3, -0.25) is 4.79 Å². The minimum absolute atomic E-state index is 0.204. The number of rotatable bonds is 1. The highest BCUT2D eigenvalue weighted by atomic mass is 32.1. The molecular formula is C11H15N3OS2. The summed E-state index contributed by atoms with van der Waals surface area (Å²) < 4.78 is 0. The van der Waals surface area contributed by atoms with Crippen LogP contribution in [0, 0.1) is 0 Å². The van der Waals surface area contributed by atoms with E-state index in [1.165, 1.54) is 4.88 Å². The van der Waals surface area contributed by atoms with Gasteiger partial charge in [-0.15, -0.1) is 11.3 Å². The number of aryl methyl sites for hydroxylation is 1. The zero-order valence-electron chi connectivity index (χ0n) is 9.43. The van der Waals surface area contributed by atoms with Crippen molar-refractivity contribution in [3.8, 4) is 0 Å². The fraction of sp³-hybridized carbons (Fsp3) is 0.636. The van der Waals surface area contributed by atoms with Gasteiger partial charge >= 0.3 is 0 Å². The molecule has 92 valence electrons. The first kappa shape index (κ1) is 11.3. The van der Waals surface area contributed by atoms with Gasteiger partial charge in [-0.05, 0) is 12.8 Å². The van der Waals surface area contributed by atoms with Crippen molar-refractivity contribution in [3.05, 3.63) is 10.6 Å². The number of fused-ring (bicyclic) bond motifs is 1. The van der Waals surface area contributed by atoms with Gasteiger partial charge in [0.15, 0.2) is 5.13 Å². The molecule has 6 heteroatoms. The Morgan fingerprint density at radius 2 is 2.29 bits per heavy atom. The third-order valence-electron chi connectivity index (χ3n) is 3.51. The molecule has 0 spiro atoms. The number of carbonyl (C=O) groups is 1. The van der Waals surface area contributed by atoms with Gasteiger partial charge in [-0.25, -0.2) is 4.98 Å². The second kappa shape index (κ2) is 4.17. The molecule has 1 amide bonds. The van der Waals surface area contributed by atoms with Crippen LogP contribution >= 0.6 is 24.0 Å². The Kier molecular flexibility index (Phi) is 2.78. The van der Waals surface area contributed by atoms with Crippen molar-refractivity contribution < 1.29 is 4.79 Å². The number of anilines is 1. The second-order valence-corrected chi connectivity index (χ2v) is 6.57. The van der Waals surface area contributed by atoms with Gasteiger partial charge in [0.1, 0.15) is 0 Å². The number of carbonyl (C=O) groups excluding carboxylic acids is 1. The van der Waals surface area contributed by atoms with Crippen LogP contribution in [0.3, 0.4) is 0 Å². The maximum atomic E-state index is 11.8. The summed E-state index contributed by atoms with van der Waals surface area (Å²) in [6.07, 6.45) is 3.44. The predicted molar refractivity (Wildman–Crippen MR) is 71.4 cm³/mol. The fourth-order valence-corrected chi connectivity index (χ4v) is 3.99. The second-order valence-electron chi connectivity index (χ2n) is 4.72. The highest BCUT2D eigenvalue weighted by molar-refractivity contribution is 7.81. The summed E-state index contributed by atoms with van der Waals surface area (Å²) in [5, 5.41) is 0.853. The van der Waals surface area contributed by atoms with E-state index < -0.39 is 0 Å². The van der Waals surface area contributed by atoms with E-state index in [0.717, 1.165) is 31.5 Å². The minimum Gasteiger partial charge on any atom is -0.375 e. The van der Waals surface area contributed by atoms with E-state index in [-0.39, 0.29) is 11.2 Å². The third kappa shape index (κ3) is 2.04. The first-order chi connectivity index (χ1) is 8.13. The lowest BCUT2D eigenvalue weighted by Gasteiger charge is -2.30. The Hall–Kier alpha value is -0.750. The predicted octanol–water partition coefficient (Wildman–Crippen LogP) is 1.11. The number of hydrogen-bond donors (Lipinski definition) is 2. The maximum absolute atomic E-state index is 11.8. The number of amides is 1. The van der Waals surface area contributed by atoms with E-state index in [9.17, 15) is 4.79 Å². The van der Waals surface area contributed by atoms with Gasteiger partial charge in [0.25, 0.3) is 0 Å². The van der Waals surface area contributed by atoms with Crippen molar-refractivity contribution in [2.24, 2.45) is 0 Å². The van der Waals surface area contributed by atoms with Crippen molar-refractivity contribution in [1.29, 1.82) is 0 Å². The smallest absolute Gasteiger partial charge is 0.224 e. The van der Waals surface area contributed by atoms with E-state index in [2.05, 4.69) is 17.6 Å². The molecule has 0 saturated carbocycles. The van der Waals surface area contributed by atoms with Crippen LogP contribution in [0.4, 0.5) is 5.13 Å². The van der Waals surface area contributed by atoms with Gasteiger partial charge in [0.05, 0.1) is 5.69 Å². The van der Waals surface area contributed by atoms with Crippen molar-refractivity contribution in [2.75, 3.05) is 12.3 Å². The van der Waals surface area contributed by atoms with Crippen molar-refractivity contribution in [1.82, 2.24) is 9.88 Å². The molecule has 1 aromatic heterocycles. The molecule has 0 radical (unpaired) electrons. The highest BCUT2D eigenvalue weighted by Gasteiger charge is 2.35. The van der Waals surface area contributed by atoms with Crippen molar-refractivity contribution in [3.63, 3.8) is 0 Å². The number of nitrogen functional groups attached to an aromatic ring is 1. The van der Waals surface area contributed by atoms with E-state index in [1.807, 2.05) is 4.90 Å². The molecule has 1 aromatic rings. The van der Waals surface area contributed by atoms with Crippen LogP contribution in [0.1, 0.15) is 23.4 Å². The number of thiazole rings is 1. The van der Waals surface area contributed by atoms with Crippen molar-refractivity contribution in [2.45, 2.75) is 37.0 Å². The number of nitrogens with two attached hydrogens (primary N) is 1. The first-order valence-corrected chi connectivity index (χ1v) is 7.18. The largest absolute Gasteiger partial charge is 0.375 e. The van der Waals surface area contributed by atoms with Crippen LogP contribution in [0.25, 0.3) is 0 Å². The van der Waals surface area contributed by atoms with Crippen LogP contribution in [-0.4, -0.2) is 33.6 Å². The SMILES string of the molecule is Nc1nc2c(s1)C[C@@H](N1CC(S)CC1=O)CC2. The summed E-state index contributed by atoms with van der Waals surface area (Å²) in [5.41, 5.74) is 6.86. The first-order valence-electron chi connectivity index (χ1n) is 5.85. The summed E-state index contributed by atoms with van der Waals surface area (Å²) in [6.45, 7) is 0.788. The summed E-state index contributed by atoms with van der Waals surface area (Å²) in [6, 6.07) is 0.326. The number of thiol groups is 1. The van der Waals surface area contributed by atoms with Gasteiger partial charge in [0, 0.05) is 35.6 Å². The molecule has 1 aliphatic carbocycles. The molecule has 2 N–H and O–H groups in total. The van der Waals surface area contributed by atoms with Crippen LogP contribution in [0.15, 0.2) is 0 Å². The minimum atomic E-state index is 0.204. The average Bonchev–Trinajstić information content (AvgIpc) is 2.78. The molecule has 4 nitrogen and oxygen atoms in total. The molecular weight excluding hydrogens is 254 g/mol. The molecule has 2 heterocycles. The molecule has 1 unspecified atom stereocenters. The maximum Gasteiger partial charge on any atom is 0.224 e. The molecule has 1 saturated heterocycles. The lowest BCUT2D eigenvalue weighted by Crippen LogP contribution is -2.40. The van der Waals surface area contributed by atoms with E-state index in [1.54, 1.807) is 11.3 Å². The molecule has 0 aromatic carbocycles. The molecule has 2 aliphatic rings. The van der Waals surface area contributed by atoms with Crippen LogP contribution in [0.2, 0.25) is 0 Å². The average molecular weight is 269 g/mol. The number of hydrogen-bond acceptors (Lipinski definition) is 5. The Morgan fingerprint density at radius 1 is 1.47 bits per heavy atom. The topological polar surface area (TPSA) is 59.2 Å². The van der Waals surface area contributed by atoms with Crippen LogP contribution in [0.5, 0.6) is 0 Å². The highest BCUT2D eigenvalue weighted by Crippen LogP contribution is 2.32. The van der Waals surface area contributed by atoms with Crippen LogP contribution in [-0.2, 0) is 17.6 Å².